The van der Waals surface area contributed by atoms with Gasteiger partial charge in [-0.3, -0.25) is 0 Å². The Morgan fingerprint density at radius 3 is 1.96 bits per heavy atom. The van der Waals surface area contributed by atoms with Crippen molar-refractivity contribution in [2.75, 3.05) is 52.4 Å². The van der Waals surface area contributed by atoms with Crippen LogP contribution in [0.15, 0.2) is 41.3 Å². The number of hydrogen-bond donors (Lipinski definition) is 0. The molecule has 9 heteroatoms. The van der Waals surface area contributed by atoms with Gasteiger partial charge in [0.15, 0.2) is 11.5 Å². The summed E-state index contributed by atoms with van der Waals surface area (Å²) in [5.41, 5.74) is 0.982. The number of benzene rings is 2. The van der Waals surface area contributed by atoms with E-state index in [4.69, 9.17) is 14.2 Å². The maximum absolute atomic E-state index is 14.5. The molecule has 0 saturated carbocycles. The summed E-state index contributed by atoms with van der Waals surface area (Å²) in [5.74, 6) is 0.201. The molecule has 0 atom stereocenters. The Labute approximate surface area is 164 Å². The van der Waals surface area contributed by atoms with Gasteiger partial charge in [0.2, 0.25) is 10.0 Å². The van der Waals surface area contributed by atoms with E-state index in [1.54, 1.807) is 7.11 Å². The Morgan fingerprint density at radius 1 is 0.857 bits per heavy atom. The lowest BCUT2D eigenvalue weighted by atomic mass is 10.2. The average Bonchev–Trinajstić information content (AvgIpc) is 2.73. The van der Waals surface area contributed by atoms with E-state index in [2.05, 4.69) is 4.90 Å². The first-order valence-electron chi connectivity index (χ1n) is 8.71. The first-order chi connectivity index (χ1) is 13.4. The fourth-order valence-electron chi connectivity index (χ4n) is 3.15. The Balaban J connectivity index is 1.77. The highest BCUT2D eigenvalue weighted by Gasteiger charge is 2.32. The molecule has 0 amide bonds. The minimum Gasteiger partial charge on any atom is -0.497 e. The van der Waals surface area contributed by atoms with Crippen LogP contribution in [0.3, 0.4) is 0 Å². The number of methoxy groups -OCH3 is 3. The van der Waals surface area contributed by atoms with E-state index in [0.717, 1.165) is 17.5 Å². The fourth-order valence-corrected chi connectivity index (χ4v) is 4.64. The molecule has 28 heavy (non-hydrogen) atoms. The van der Waals surface area contributed by atoms with Crippen molar-refractivity contribution < 1.29 is 27.0 Å². The molecule has 1 saturated heterocycles. The third-order valence-electron chi connectivity index (χ3n) is 4.73. The van der Waals surface area contributed by atoms with Crippen LogP contribution in [0.5, 0.6) is 17.2 Å². The van der Waals surface area contributed by atoms with Crippen LogP contribution < -0.4 is 19.1 Å². The van der Waals surface area contributed by atoms with Crippen LogP contribution in [-0.4, -0.2) is 60.2 Å². The minimum atomic E-state index is -3.99. The molecule has 0 bridgehead atoms. The van der Waals surface area contributed by atoms with Crippen LogP contribution >= 0.6 is 0 Å². The molecule has 0 spiro atoms. The van der Waals surface area contributed by atoms with Crippen LogP contribution in [-0.2, 0) is 10.0 Å². The zero-order valence-corrected chi connectivity index (χ0v) is 16.8. The quantitative estimate of drug-likeness (QED) is 0.728. The molecule has 1 heterocycles. The molecule has 152 valence electrons. The zero-order chi connectivity index (χ0) is 20.3. The molecule has 0 radical (unpaired) electrons. The van der Waals surface area contributed by atoms with Gasteiger partial charge in [0.1, 0.15) is 16.5 Å². The molecule has 1 aliphatic heterocycles. The van der Waals surface area contributed by atoms with Crippen LogP contribution in [0, 0.1) is 5.82 Å². The minimum absolute atomic E-state index is 0.142. The summed E-state index contributed by atoms with van der Waals surface area (Å²) in [6.07, 6.45) is 0. The van der Waals surface area contributed by atoms with E-state index >= 15 is 0 Å². The maximum Gasteiger partial charge on any atom is 0.246 e. The van der Waals surface area contributed by atoms with E-state index in [0.29, 0.717) is 13.1 Å². The molecule has 3 rings (SSSR count). The van der Waals surface area contributed by atoms with Gasteiger partial charge in [-0.25, -0.2) is 12.8 Å². The summed E-state index contributed by atoms with van der Waals surface area (Å²) < 4.78 is 56.9. The number of piperazine rings is 1. The number of halogens is 1. The third-order valence-corrected chi connectivity index (χ3v) is 6.65. The van der Waals surface area contributed by atoms with Crippen LogP contribution in [0.1, 0.15) is 0 Å². The molecule has 2 aromatic rings. The number of nitrogens with zero attached hydrogens (tertiary/aromatic N) is 2. The lowest BCUT2D eigenvalue weighted by Gasteiger charge is -2.35. The molecule has 0 aliphatic carbocycles. The Morgan fingerprint density at radius 2 is 1.43 bits per heavy atom. The molecular weight excluding hydrogens is 387 g/mol. The molecule has 1 aliphatic rings. The Bertz CT molecular complexity index is 926. The number of rotatable bonds is 6. The predicted octanol–water partition coefficient (Wildman–Crippen LogP) is 2.36. The van der Waals surface area contributed by atoms with Crippen LogP contribution in [0.2, 0.25) is 0 Å². The highest BCUT2D eigenvalue weighted by Crippen LogP contribution is 2.33. The van der Waals surface area contributed by atoms with Crippen molar-refractivity contribution in [3.05, 3.63) is 42.2 Å². The molecule has 0 N–H and O–H groups in total. The second-order valence-corrected chi connectivity index (χ2v) is 8.13. The van der Waals surface area contributed by atoms with Crippen molar-refractivity contribution in [2.24, 2.45) is 0 Å². The maximum atomic E-state index is 14.5. The van der Waals surface area contributed by atoms with Crippen LogP contribution in [0.4, 0.5) is 10.1 Å². The van der Waals surface area contributed by atoms with Gasteiger partial charge >= 0.3 is 0 Å². The summed E-state index contributed by atoms with van der Waals surface area (Å²) in [4.78, 5) is 1.67. The lowest BCUT2D eigenvalue weighted by Crippen LogP contribution is -2.48. The van der Waals surface area contributed by atoms with Crippen molar-refractivity contribution in [3.8, 4) is 17.2 Å². The number of hydrogen-bond acceptors (Lipinski definition) is 6. The van der Waals surface area contributed by atoms with E-state index in [9.17, 15) is 12.8 Å². The molecular formula is C19H23FN2O5S. The highest BCUT2D eigenvalue weighted by molar-refractivity contribution is 7.89. The van der Waals surface area contributed by atoms with Crippen molar-refractivity contribution >= 4 is 15.7 Å². The lowest BCUT2D eigenvalue weighted by molar-refractivity contribution is 0.348. The van der Waals surface area contributed by atoms with Gasteiger partial charge in [-0.05, 0) is 24.3 Å². The van der Waals surface area contributed by atoms with E-state index in [-0.39, 0.29) is 24.6 Å². The molecule has 1 fully saturated rings. The van der Waals surface area contributed by atoms with Crippen molar-refractivity contribution in [3.63, 3.8) is 0 Å². The summed E-state index contributed by atoms with van der Waals surface area (Å²) in [7, 11) is 0.352. The Kier molecular flexibility index (Phi) is 5.95. The van der Waals surface area contributed by atoms with Gasteiger partial charge in [0, 0.05) is 44.0 Å². The molecule has 0 aromatic heterocycles. The number of sulfonamides is 1. The summed E-state index contributed by atoms with van der Waals surface area (Å²) >= 11 is 0. The number of anilines is 1. The standard InChI is InChI=1S/C19H23FN2O5S/c1-25-15-6-4-14(5-7-15)21-8-10-22(11-9-21)28(23,24)19-13-18(27-3)17(26-2)12-16(19)20/h4-7,12-13H,8-11H2,1-3H3. The fraction of sp³-hybridized carbons (Fsp3) is 0.368. The van der Waals surface area contributed by atoms with E-state index < -0.39 is 20.7 Å². The largest absolute Gasteiger partial charge is 0.497 e. The summed E-state index contributed by atoms with van der Waals surface area (Å²) in [6, 6.07) is 9.77. The second-order valence-electron chi connectivity index (χ2n) is 6.23. The zero-order valence-electron chi connectivity index (χ0n) is 16.0. The van der Waals surface area contributed by atoms with Crippen molar-refractivity contribution in [1.82, 2.24) is 4.31 Å². The first-order valence-corrected chi connectivity index (χ1v) is 10.2. The SMILES string of the molecule is COc1ccc(N2CCN(S(=O)(=O)c3cc(OC)c(OC)cc3F)CC2)cc1. The molecule has 2 aromatic carbocycles. The average molecular weight is 410 g/mol. The van der Waals surface area contributed by atoms with Crippen LogP contribution in [0.25, 0.3) is 0 Å². The van der Waals surface area contributed by atoms with Gasteiger partial charge in [-0.1, -0.05) is 0 Å². The van der Waals surface area contributed by atoms with E-state index in [1.807, 2.05) is 24.3 Å². The van der Waals surface area contributed by atoms with Gasteiger partial charge in [0.05, 0.1) is 21.3 Å². The smallest absolute Gasteiger partial charge is 0.246 e. The molecule has 0 unspecified atom stereocenters. The third kappa shape index (κ3) is 3.85. The van der Waals surface area contributed by atoms with Crippen molar-refractivity contribution in [2.45, 2.75) is 4.90 Å². The second kappa shape index (κ2) is 8.24. The van der Waals surface area contributed by atoms with Crippen molar-refractivity contribution in [1.29, 1.82) is 0 Å². The monoisotopic (exact) mass is 410 g/mol. The van der Waals surface area contributed by atoms with E-state index in [1.165, 1.54) is 24.6 Å². The summed E-state index contributed by atoms with van der Waals surface area (Å²) in [6.45, 7) is 1.51. The predicted molar refractivity (Wildman–Crippen MR) is 103 cm³/mol. The van der Waals surface area contributed by atoms with Gasteiger partial charge in [0.25, 0.3) is 0 Å². The highest BCUT2D eigenvalue weighted by atomic mass is 32.2. The van der Waals surface area contributed by atoms with Gasteiger partial charge in [-0.2, -0.15) is 4.31 Å². The number of ether oxygens (including phenoxy) is 3. The normalized spacial score (nSPS) is 15.4. The van der Waals surface area contributed by atoms with Gasteiger partial charge < -0.3 is 19.1 Å². The Hall–Kier alpha value is -2.52. The topological polar surface area (TPSA) is 68.3 Å². The molecule has 7 nitrogen and oxygen atoms in total. The summed E-state index contributed by atoms with van der Waals surface area (Å²) in [5, 5.41) is 0. The van der Waals surface area contributed by atoms with Gasteiger partial charge in [-0.15, -0.1) is 0 Å². The first kappa shape index (κ1) is 20.2.